The average molecular weight is 356 g/mol. The van der Waals surface area contributed by atoms with E-state index in [1.54, 1.807) is 6.07 Å². The van der Waals surface area contributed by atoms with Crippen LogP contribution in [0.3, 0.4) is 0 Å². The number of phenols is 1. The summed E-state index contributed by atoms with van der Waals surface area (Å²) < 4.78 is 20.6. The Hall–Kier alpha value is -2.83. The van der Waals surface area contributed by atoms with Crippen LogP contribution in [0.25, 0.3) is 11.3 Å². The van der Waals surface area contributed by atoms with Crippen molar-refractivity contribution in [3.8, 4) is 17.1 Å². The number of aromatic hydroxyl groups is 1. The van der Waals surface area contributed by atoms with Gasteiger partial charge in [-0.25, -0.2) is 4.39 Å². The van der Waals surface area contributed by atoms with Crippen LogP contribution in [0.4, 0.5) is 10.2 Å². The maximum Gasteiger partial charge on any atom is 0.170 e. The molecule has 1 fully saturated rings. The quantitative estimate of drug-likeness (QED) is 0.704. The van der Waals surface area contributed by atoms with Crippen molar-refractivity contribution in [2.45, 2.75) is 44.7 Å². The fourth-order valence-corrected chi connectivity index (χ4v) is 3.48. The molecule has 4 rings (SSSR count). The highest BCUT2D eigenvalue weighted by Gasteiger charge is 2.18. The Bertz CT molecular complexity index is 883. The van der Waals surface area contributed by atoms with Crippen LogP contribution in [0, 0.1) is 5.82 Å². The van der Waals surface area contributed by atoms with Crippen molar-refractivity contribution in [2.75, 3.05) is 5.32 Å². The number of anilines is 1. The first kappa shape index (κ1) is 16.6. The summed E-state index contributed by atoms with van der Waals surface area (Å²) >= 11 is 0. The number of halogens is 1. The maximum atomic E-state index is 13.2. The van der Waals surface area contributed by atoms with E-state index in [0.29, 0.717) is 29.7 Å². The number of nitrogens with zero attached hydrogens (tertiary/aromatic N) is 3. The number of hydrogen-bond acceptors (Lipinski definition) is 5. The largest absolute Gasteiger partial charge is 0.505 e. The summed E-state index contributed by atoms with van der Waals surface area (Å²) in [6.45, 7) is 0.594. The normalized spacial score (nSPS) is 15.3. The van der Waals surface area contributed by atoms with E-state index in [1.165, 1.54) is 50.3 Å². The monoisotopic (exact) mass is 356 g/mol. The lowest BCUT2D eigenvalue weighted by Crippen LogP contribution is -2.18. The summed E-state index contributed by atoms with van der Waals surface area (Å²) in [5.74, 6) is -0.0313. The lowest BCUT2D eigenvalue weighted by Gasteiger charge is -2.24. The summed E-state index contributed by atoms with van der Waals surface area (Å²) in [6.07, 6.45) is 8.02. The molecule has 0 radical (unpaired) electrons. The lowest BCUT2D eigenvalue weighted by atomic mass is 9.95. The smallest absolute Gasteiger partial charge is 0.170 e. The van der Waals surface area contributed by atoms with Crippen LogP contribution in [0.1, 0.15) is 43.8 Å². The number of phenolic OH excluding ortho intramolecular Hbond substituents is 1. The zero-order chi connectivity index (χ0) is 17.9. The molecule has 2 aromatic heterocycles. The Morgan fingerprint density at radius 3 is 2.85 bits per heavy atom. The van der Waals surface area contributed by atoms with Crippen LogP contribution in [-0.4, -0.2) is 20.0 Å². The van der Waals surface area contributed by atoms with Crippen LogP contribution < -0.4 is 5.32 Å². The second kappa shape index (κ2) is 7.19. The van der Waals surface area contributed by atoms with E-state index >= 15 is 0 Å². The topological polar surface area (TPSA) is 76.1 Å². The van der Waals surface area contributed by atoms with Crippen molar-refractivity contribution in [3.05, 3.63) is 48.0 Å². The van der Waals surface area contributed by atoms with Crippen molar-refractivity contribution in [1.29, 1.82) is 0 Å². The molecule has 3 aromatic rings. The predicted octanol–water partition coefficient (Wildman–Crippen LogP) is 4.50. The Morgan fingerprint density at radius 2 is 2.04 bits per heavy atom. The number of rotatable bonds is 5. The summed E-state index contributed by atoms with van der Waals surface area (Å²) in [5, 5.41) is 21.2. The Kier molecular flexibility index (Phi) is 4.60. The minimum atomic E-state index is -0.664. The molecule has 1 aliphatic rings. The fraction of sp³-hybridized carbons (Fsp3) is 0.368. The molecule has 0 unspecified atom stereocenters. The van der Waals surface area contributed by atoms with Gasteiger partial charge in [-0.05, 0) is 37.1 Å². The van der Waals surface area contributed by atoms with Crippen LogP contribution in [0.15, 0.2) is 41.1 Å². The minimum Gasteiger partial charge on any atom is -0.505 e. The molecule has 0 saturated heterocycles. The van der Waals surface area contributed by atoms with E-state index in [2.05, 4.69) is 20.3 Å². The van der Waals surface area contributed by atoms with Crippen LogP contribution in [0.5, 0.6) is 5.75 Å². The first-order valence-corrected chi connectivity index (χ1v) is 8.92. The van der Waals surface area contributed by atoms with Crippen molar-refractivity contribution in [2.24, 2.45) is 0 Å². The van der Waals surface area contributed by atoms with Gasteiger partial charge in [0, 0.05) is 17.8 Å². The molecule has 7 heteroatoms. The minimum absolute atomic E-state index is 0.412. The van der Waals surface area contributed by atoms with Gasteiger partial charge < -0.3 is 14.9 Å². The molecule has 0 amide bonds. The zero-order valence-electron chi connectivity index (χ0n) is 14.4. The molecular weight excluding hydrogens is 335 g/mol. The predicted molar refractivity (Wildman–Crippen MR) is 95.2 cm³/mol. The molecule has 26 heavy (non-hydrogen) atoms. The summed E-state index contributed by atoms with van der Waals surface area (Å²) in [6, 6.07) is 8.28. The van der Waals surface area contributed by atoms with Crippen LogP contribution in [-0.2, 0) is 6.54 Å². The second-order valence-electron chi connectivity index (χ2n) is 6.66. The van der Waals surface area contributed by atoms with E-state index in [4.69, 9.17) is 4.52 Å². The zero-order valence-corrected chi connectivity index (χ0v) is 14.4. The SMILES string of the molecule is Oc1cc(-c2cc(NCc3ccnn3C3CCCCC3)no2)ccc1F. The molecule has 136 valence electrons. The van der Waals surface area contributed by atoms with Gasteiger partial charge in [0.05, 0.1) is 18.3 Å². The molecular formula is C19H21FN4O2. The van der Waals surface area contributed by atoms with Gasteiger partial charge in [0.15, 0.2) is 23.1 Å². The fourth-order valence-electron chi connectivity index (χ4n) is 3.48. The van der Waals surface area contributed by atoms with E-state index in [9.17, 15) is 9.50 Å². The van der Waals surface area contributed by atoms with E-state index < -0.39 is 11.6 Å². The van der Waals surface area contributed by atoms with E-state index in [1.807, 2.05) is 12.3 Å². The number of hydrogen-bond donors (Lipinski definition) is 2. The Labute approximate surface area is 150 Å². The third-order valence-electron chi connectivity index (χ3n) is 4.86. The summed E-state index contributed by atoms with van der Waals surface area (Å²) in [7, 11) is 0. The Morgan fingerprint density at radius 1 is 1.19 bits per heavy atom. The summed E-state index contributed by atoms with van der Waals surface area (Å²) in [5.41, 5.74) is 1.68. The van der Waals surface area contributed by atoms with E-state index in [0.717, 1.165) is 5.69 Å². The van der Waals surface area contributed by atoms with Crippen molar-refractivity contribution < 1.29 is 14.0 Å². The van der Waals surface area contributed by atoms with Gasteiger partial charge in [-0.3, -0.25) is 4.68 Å². The molecule has 2 N–H and O–H groups in total. The maximum absolute atomic E-state index is 13.2. The van der Waals surface area contributed by atoms with Gasteiger partial charge in [0.25, 0.3) is 0 Å². The third-order valence-corrected chi connectivity index (χ3v) is 4.86. The van der Waals surface area contributed by atoms with Crippen molar-refractivity contribution in [1.82, 2.24) is 14.9 Å². The van der Waals surface area contributed by atoms with E-state index in [-0.39, 0.29) is 0 Å². The molecule has 1 aromatic carbocycles. The third kappa shape index (κ3) is 3.42. The molecule has 6 nitrogen and oxygen atoms in total. The van der Waals surface area contributed by atoms with Crippen LogP contribution in [0.2, 0.25) is 0 Å². The summed E-state index contributed by atoms with van der Waals surface area (Å²) in [4.78, 5) is 0. The molecule has 0 bridgehead atoms. The highest BCUT2D eigenvalue weighted by Crippen LogP contribution is 2.29. The Balaban J connectivity index is 1.44. The highest BCUT2D eigenvalue weighted by molar-refractivity contribution is 5.62. The number of benzene rings is 1. The van der Waals surface area contributed by atoms with Crippen molar-refractivity contribution >= 4 is 5.82 Å². The van der Waals surface area contributed by atoms with Crippen LogP contribution >= 0.6 is 0 Å². The van der Waals surface area contributed by atoms with Gasteiger partial charge in [-0.15, -0.1) is 0 Å². The average Bonchev–Trinajstić information content (AvgIpc) is 3.32. The highest BCUT2D eigenvalue weighted by atomic mass is 19.1. The molecule has 1 aliphatic carbocycles. The molecule has 1 saturated carbocycles. The first-order chi connectivity index (χ1) is 12.7. The van der Waals surface area contributed by atoms with Crippen molar-refractivity contribution in [3.63, 3.8) is 0 Å². The number of aromatic nitrogens is 3. The molecule has 0 spiro atoms. The molecule has 2 heterocycles. The van der Waals surface area contributed by atoms with Gasteiger partial charge in [0.2, 0.25) is 0 Å². The van der Waals surface area contributed by atoms with Gasteiger partial charge >= 0.3 is 0 Å². The molecule has 0 atom stereocenters. The van der Waals surface area contributed by atoms with Gasteiger partial charge in [-0.2, -0.15) is 5.10 Å². The second-order valence-corrected chi connectivity index (χ2v) is 6.66. The van der Waals surface area contributed by atoms with Gasteiger partial charge in [0.1, 0.15) is 0 Å². The number of nitrogens with one attached hydrogen (secondary N) is 1. The lowest BCUT2D eigenvalue weighted by molar-refractivity contribution is 0.323. The van der Waals surface area contributed by atoms with Gasteiger partial charge in [-0.1, -0.05) is 24.4 Å². The standard InChI is InChI=1S/C19H21FN4O2/c20-16-7-6-13(10-17(16)25)18-11-19(23-26-18)21-12-15-8-9-22-24(15)14-4-2-1-3-5-14/h6-11,14,25H,1-5,12H2,(H,21,23). The first-order valence-electron chi connectivity index (χ1n) is 8.92. The molecule has 0 aliphatic heterocycles.